The number of ether oxygens (including phenoxy) is 2. The van der Waals surface area contributed by atoms with Gasteiger partial charge in [0.05, 0.1) is 0 Å². The minimum atomic E-state index is -1.75. The fourth-order valence-electron chi connectivity index (χ4n) is 2.86. The van der Waals surface area contributed by atoms with Crippen molar-refractivity contribution in [1.82, 2.24) is 10.2 Å². The third kappa shape index (κ3) is 5.31. The lowest BCUT2D eigenvalue weighted by Gasteiger charge is -2.49. The standard InChI is InChI=1S/C18H17Cl3N2O5S/c1-10-8-29-16-13(22-12(24)7-27-11-5-3-2-4-6-11)15(25)23(16)14(10)17(26)28-9-18(19,20)21/h2-6,13,16H,7-9H2,1H3,(H,22,24)/t13?,16-/m0/s1. The maximum absolute atomic E-state index is 12.6. The van der Waals surface area contributed by atoms with Crippen molar-refractivity contribution in [3.63, 3.8) is 0 Å². The van der Waals surface area contributed by atoms with Crippen molar-refractivity contribution in [3.05, 3.63) is 41.6 Å². The van der Waals surface area contributed by atoms with Gasteiger partial charge in [-0.15, -0.1) is 11.8 Å². The third-order valence-corrected chi connectivity index (χ3v) is 5.90. The van der Waals surface area contributed by atoms with Crippen LogP contribution in [0, 0.1) is 0 Å². The summed E-state index contributed by atoms with van der Waals surface area (Å²) in [6, 6.07) is 8.11. The van der Waals surface area contributed by atoms with Gasteiger partial charge < -0.3 is 14.8 Å². The molecule has 0 radical (unpaired) electrons. The van der Waals surface area contributed by atoms with Gasteiger partial charge in [0.25, 0.3) is 11.8 Å². The molecule has 2 aliphatic rings. The minimum absolute atomic E-state index is 0.124. The highest BCUT2D eigenvalue weighted by Gasteiger charge is 2.54. The molecular weight excluding hydrogens is 463 g/mol. The van der Waals surface area contributed by atoms with Crippen LogP contribution >= 0.6 is 46.6 Å². The summed E-state index contributed by atoms with van der Waals surface area (Å²) < 4.78 is 8.65. The first kappa shape index (κ1) is 22.1. The summed E-state index contributed by atoms with van der Waals surface area (Å²) in [5, 5.41) is 2.24. The first-order valence-corrected chi connectivity index (χ1v) is 10.7. The van der Waals surface area contributed by atoms with Crippen LogP contribution in [0.2, 0.25) is 0 Å². The summed E-state index contributed by atoms with van der Waals surface area (Å²) in [4.78, 5) is 38.5. The number of alkyl halides is 3. The highest BCUT2D eigenvalue weighted by Crippen LogP contribution is 2.40. The van der Waals surface area contributed by atoms with Crippen LogP contribution < -0.4 is 10.1 Å². The molecule has 2 aliphatic heterocycles. The van der Waals surface area contributed by atoms with E-state index in [1.54, 1.807) is 31.2 Å². The van der Waals surface area contributed by atoms with Crippen molar-refractivity contribution >= 4 is 64.3 Å². The van der Waals surface area contributed by atoms with Crippen molar-refractivity contribution < 1.29 is 23.9 Å². The number of nitrogens with zero attached hydrogens (tertiary/aromatic N) is 1. The molecule has 29 heavy (non-hydrogen) atoms. The van der Waals surface area contributed by atoms with Crippen LogP contribution in [-0.2, 0) is 19.1 Å². The van der Waals surface area contributed by atoms with Crippen LogP contribution in [0.25, 0.3) is 0 Å². The number of thioether (sulfide) groups is 1. The lowest BCUT2D eigenvalue weighted by Crippen LogP contribution is -2.70. The average Bonchev–Trinajstić information content (AvgIpc) is 2.68. The van der Waals surface area contributed by atoms with Crippen molar-refractivity contribution in [2.45, 2.75) is 22.1 Å². The van der Waals surface area contributed by atoms with Gasteiger partial charge in [-0.1, -0.05) is 53.0 Å². The molecule has 3 rings (SSSR count). The number of esters is 1. The number of nitrogens with one attached hydrogen (secondary N) is 1. The van der Waals surface area contributed by atoms with E-state index in [4.69, 9.17) is 44.3 Å². The number of rotatable bonds is 6. The van der Waals surface area contributed by atoms with Gasteiger partial charge in [-0.2, -0.15) is 0 Å². The van der Waals surface area contributed by atoms with Gasteiger partial charge in [-0.25, -0.2) is 4.79 Å². The van der Waals surface area contributed by atoms with Gasteiger partial charge in [0.2, 0.25) is 3.79 Å². The number of hydrogen-bond donors (Lipinski definition) is 1. The number of carbonyl (C=O) groups is 3. The summed E-state index contributed by atoms with van der Waals surface area (Å²) in [6.07, 6.45) is 0. The van der Waals surface area contributed by atoms with E-state index in [1.807, 2.05) is 6.07 Å². The molecular formula is C18H17Cl3N2O5S. The SMILES string of the molecule is CC1=C(C(=O)OCC(Cl)(Cl)Cl)N2C(=O)C(NC(=O)COc3ccccc3)[C@@H]2SC1. The quantitative estimate of drug-likeness (QED) is 0.384. The van der Waals surface area contributed by atoms with E-state index in [-0.39, 0.29) is 12.3 Å². The second kappa shape index (κ2) is 9.04. The number of benzene rings is 1. The number of fused-ring (bicyclic) bond motifs is 1. The Balaban J connectivity index is 1.59. The topological polar surface area (TPSA) is 84.9 Å². The molecule has 11 heteroatoms. The summed E-state index contributed by atoms with van der Waals surface area (Å²) in [5.74, 6) is -0.535. The number of amides is 2. The first-order valence-electron chi connectivity index (χ1n) is 8.53. The Bertz CT molecular complexity index is 844. The van der Waals surface area contributed by atoms with Crippen LogP contribution in [0.4, 0.5) is 0 Å². The molecule has 1 N–H and O–H groups in total. The molecule has 0 aliphatic carbocycles. The largest absolute Gasteiger partial charge is 0.484 e. The fraction of sp³-hybridized carbons (Fsp3) is 0.389. The third-order valence-electron chi connectivity index (χ3n) is 4.15. The van der Waals surface area contributed by atoms with Gasteiger partial charge in [0.15, 0.2) is 6.61 Å². The van der Waals surface area contributed by atoms with Crippen molar-refractivity contribution in [2.24, 2.45) is 0 Å². The Morgan fingerprint density at radius 3 is 2.62 bits per heavy atom. The molecule has 156 valence electrons. The Kier molecular flexibility index (Phi) is 6.88. The highest BCUT2D eigenvalue weighted by molar-refractivity contribution is 8.00. The fourth-order valence-corrected chi connectivity index (χ4v) is 4.32. The van der Waals surface area contributed by atoms with Crippen molar-refractivity contribution in [1.29, 1.82) is 0 Å². The Hall–Kier alpha value is -1.61. The van der Waals surface area contributed by atoms with Gasteiger partial charge in [-0.05, 0) is 24.6 Å². The van der Waals surface area contributed by atoms with E-state index in [0.717, 1.165) is 0 Å². The molecule has 1 unspecified atom stereocenters. The molecule has 2 heterocycles. The second-order valence-corrected chi connectivity index (χ2v) is 10.00. The molecule has 1 aromatic rings. The first-order chi connectivity index (χ1) is 13.7. The number of hydrogen-bond acceptors (Lipinski definition) is 6. The molecule has 0 spiro atoms. The van der Waals surface area contributed by atoms with Crippen LogP contribution in [0.3, 0.4) is 0 Å². The molecule has 7 nitrogen and oxygen atoms in total. The smallest absolute Gasteiger partial charge is 0.355 e. The Morgan fingerprint density at radius 2 is 1.97 bits per heavy atom. The summed E-state index contributed by atoms with van der Waals surface area (Å²) >= 11 is 18.3. The van der Waals surface area contributed by atoms with Crippen LogP contribution in [0.5, 0.6) is 5.75 Å². The Morgan fingerprint density at radius 1 is 1.28 bits per heavy atom. The molecule has 0 saturated carbocycles. The molecule has 1 fully saturated rings. The zero-order valence-electron chi connectivity index (χ0n) is 15.2. The molecule has 0 bridgehead atoms. The second-order valence-electron chi connectivity index (χ2n) is 6.38. The van der Waals surface area contributed by atoms with E-state index in [2.05, 4.69) is 5.32 Å². The number of β-lactam (4-membered cyclic amide) rings is 1. The monoisotopic (exact) mass is 478 g/mol. The molecule has 1 saturated heterocycles. The number of para-hydroxylation sites is 1. The maximum Gasteiger partial charge on any atom is 0.355 e. The van der Waals surface area contributed by atoms with Gasteiger partial charge in [0.1, 0.15) is 29.5 Å². The molecule has 2 amide bonds. The Labute approximate surface area is 186 Å². The van der Waals surface area contributed by atoms with Crippen molar-refractivity contribution in [2.75, 3.05) is 19.0 Å². The minimum Gasteiger partial charge on any atom is -0.484 e. The average molecular weight is 480 g/mol. The normalized spacial score (nSPS) is 21.2. The summed E-state index contributed by atoms with van der Waals surface area (Å²) in [6.45, 7) is 1.06. The van der Waals surface area contributed by atoms with Crippen LogP contribution in [0.1, 0.15) is 6.92 Å². The zero-order valence-corrected chi connectivity index (χ0v) is 18.3. The zero-order chi connectivity index (χ0) is 21.2. The predicted octanol–water partition coefficient (Wildman–Crippen LogP) is 2.65. The van der Waals surface area contributed by atoms with Gasteiger partial charge in [-0.3, -0.25) is 14.5 Å². The molecule has 2 atom stereocenters. The predicted molar refractivity (Wildman–Crippen MR) is 111 cm³/mol. The summed E-state index contributed by atoms with van der Waals surface area (Å²) in [7, 11) is 0. The number of carbonyl (C=O) groups excluding carboxylic acids is 3. The van der Waals surface area contributed by atoms with E-state index in [0.29, 0.717) is 17.1 Å². The maximum atomic E-state index is 12.6. The van der Waals surface area contributed by atoms with E-state index in [9.17, 15) is 14.4 Å². The number of halogens is 3. The summed E-state index contributed by atoms with van der Waals surface area (Å²) in [5.41, 5.74) is 0.796. The lowest BCUT2D eigenvalue weighted by atomic mass is 10.0. The van der Waals surface area contributed by atoms with Gasteiger partial charge in [0, 0.05) is 5.75 Å². The lowest BCUT2D eigenvalue weighted by molar-refractivity contribution is -0.153. The van der Waals surface area contributed by atoms with E-state index in [1.165, 1.54) is 16.7 Å². The van der Waals surface area contributed by atoms with Gasteiger partial charge >= 0.3 is 5.97 Å². The van der Waals surface area contributed by atoms with E-state index < -0.39 is 39.6 Å². The molecule has 0 aromatic heterocycles. The van der Waals surface area contributed by atoms with Crippen LogP contribution in [-0.4, -0.2) is 56.9 Å². The highest BCUT2D eigenvalue weighted by atomic mass is 35.6. The molecule has 1 aromatic carbocycles. The van der Waals surface area contributed by atoms with E-state index >= 15 is 0 Å². The van der Waals surface area contributed by atoms with Crippen LogP contribution in [0.15, 0.2) is 41.6 Å². The van der Waals surface area contributed by atoms with Crippen molar-refractivity contribution in [3.8, 4) is 5.75 Å².